The van der Waals surface area contributed by atoms with Crippen LogP contribution in [0.2, 0.25) is 0 Å². The molecule has 0 aromatic carbocycles. The van der Waals surface area contributed by atoms with Crippen molar-refractivity contribution in [3.8, 4) is 0 Å². The zero-order chi connectivity index (χ0) is 7.78. The van der Waals surface area contributed by atoms with Crippen LogP contribution in [0.15, 0.2) is 0 Å². The second-order valence-corrected chi connectivity index (χ2v) is 5.65. The Bertz CT molecular complexity index is 117. The summed E-state index contributed by atoms with van der Waals surface area (Å²) in [6.07, 6.45) is 0. The minimum absolute atomic E-state index is 0.412. The van der Waals surface area contributed by atoms with Crippen molar-refractivity contribution in [2.24, 2.45) is 5.41 Å². The molecule has 60 valence electrons. The summed E-state index contributed by atoms with van der Waals surface area (Å²) in [6, 6.07) is 0. The fourth-order valence-corrected chi connectivity index (χ4v) is 2.37. The lowest BCUT2D eigenvalue weighted by Crippen LogP contribution is -2.32. The second kappa shape index (κ2) is 2.74. The SMILES string of the molecule is CC1CNC(C(C)(C)C)S1. The van der Waals surface area contributed by atoms with E-state index in [4.69, 9.17) is 0 Å². The third-order valence-electron chi connectivity index (χ3n) is 1.75. The first-order valence-electron chi connectivity index (χ1n) is 3.89. The Hall–Kier alpha value is 0.310. The maximum atomic E-state index is 3.51. The van der Waals surface area contributed by atoms with E-state index in [1.165, 1.54) is 6.54 Å². The molecular formula is C8H17NS. The van der Waals surface area contributed by atoms with Gasteiger partial charge in [-0.15, -0.1) is 11.8 Å². The van der Waals surface area contributed by atoms with E-state index < -0.39 is 0 Å². The zero-order valence-electron chi connectivity index (χ0n) is 7.27. The van der Waals surface area contributed by atoms with Crippen molar-refractivity contribution in [1.29, 1.82) is 0 Å². The smallest absolute Gasteiger partial charge is 0.0584 e. The van der Waals surface area contributed by atoms with Crippen LogP contribution in [-0.2, 0) is 0 Å². The molecule has 1 fully saturated rings. The van der Waals surface area contributed by atoms with Gasteiger partial charge >= 0.3 is 0 Å². The topological polar surface area (TPSA) is 12.0 Å². The Morgan fingerprint density at radius 1 is 1.40 bits per heavy atom. The van der Waals surface area contributed by atoms with Gasteiger partial charge in [0.2, 0.25) is 0 Å². The van der Waals surface area contributed by atoms with Crippen molar-refractivity contribution >= 4 is 11.8 Å². The van der Waals surface area contributed by atoms with Crippen LogP contribution in [0, 0.1) is 5.41 Å². The van der Waals surface area contributed by atoms with Crippen LogP contribution < -0.4 is 5.32 Å². The van der Waals surface area contributed by atoms with Gasteiger partial charge in [0, 0.05) is 11.8 Å². The van der Waals surface area contributed by atoms with Crippen LogP contribution in [0.25, 0.3) is 0 Å². The highest BCUT2D eigenvalue weighted by molar-refractivity contribution is 8.00. The molecule has 1 N–H and O–H groups in total. The minimum atomic E-state index is 0.412. The molecule has 0 radical (unpaired) electrons. The van der Waals surface area contributed by atoms with Crippen LogP contribution in [0.3, 0.4) is 0 Å². The molecule has 2 heteroatoms. The highest BCUT2D eigenvalue weighted by Gasteiger charge is 2.30. The number of hydrogen-bond donors (Lipinski definition) is 1. The summed E-state index contributed by atoms with van der Waals surface area (Å²) in [7, 11) is 0. The summed E-state index contributed by atoms with van der Waals surface area (Å²) in [5.74, 6) is 0. The predicted octanol–water partition coefficient (Wildman–Crippen LogP) is 2.08. The van der Waals surface area contributed by atoms with Gasteiger partial charge in [-0.1, -0.05) is 27.7 Å². The molecule has 0 saturated carbocycles. The molecule has 0 aliphatic carbocycles. The van der Waals surface area contributed by atoms with Crippen LogP contribution in [0.4, 0.5) is 0 Å². The minimum Gasteiger partial charge on any atom is -0.304 e. The lowest BCUT2D eigenvalue weighted by Gasteiger charge is -2.25. The van der Waals surface area contributed by atoms with Gasteiger partial charge in [0.1, 0.15) is 0 Å². The monoisotopic (exact) mass is 159 g/mol. The molecule has 1 aliphatic heterocycles. The van der Waals surface area contributed by atoms with Crippen molar-refractivity contribution in [2.75, 3.05) is 6.54 Å². The van der Waals surface area contributed by atoms with E-state index in [0.717, 1.165) is 5.25 Å². The number of hydrogen-bond acceptors (Lipinski definition) is 2. The fourth-order valence-electron chi connectivity index (χ4n) is 1.11. The van der Waals surface area contributed by atoms with Gasteiger partial charge in [-0.05, 0) is 5.41 Å². The molecule has 1 heterocycles. The van der Waals surface area contributed by atoms with Gasteiger partial charge in [-0.2, -0.15) is 0 Å². The first-order valence-corrected chi connectivity index (χ1v) is 4.83. The van der Waals surface area contributed by atoms with E-state index >= 15 is 0 Å². The second-order valence-electron chi connectivity index (χ2n) is 4.10. The van der Waals surface area contributed by atoms with Crippen LogP contribution in [0.1, 0.15) is 27.7 Å². The largest absolute Gasteiger partial charge is 0.304 e. The van der Waals surface area contributed by atoms with Crippen molar-refractivity contribution in [1.82, 2.24) is 5.32 Å². The third-order valence-corrected chi connectivity index (χ3v) is 3.52. The van der Waals surface area contributed by atoms with E-state index in [2.05, 4.69) is 44.8 Å². The van der Waals surface area contributed by atoms with E-state index in [0.29, 0.717) is 10.8 Å². The van der Waals surface area contributed by atoms with Crippen molar-refractivity contribution in [3.63, 3.8) is 0 Å². The predicted molar refractivity (Wildman–Crippen MR) is 48.3 cm³/mol. The maximum Gasteiger partial charge on any atom is 0.0584 e. The van der Waals surface area contributed by atoms with Gasteiger partial charge in [-0.25, -0.2) is 0 Å². The lowest BCUT2D eigenvalue weighted by molar-refractivity contribution is 0.363. The first-order chi connectivity index (χ1) is 4.50. The molecule has 0 aromatic rings. The average Bonchev–Trinajstić information content (AvgIpc) is 2.11. The molecule has 0 spiro atoms. The Labute approximate surface area is 68.0 Å². The molecule has 2 unspecified atom stereocenters. The van der Waals surface area contributed by atoms with Gasteiger partial charge < -0.3 is 5.32 Å². The molecule has 1 aliphatic rings. The Morgan fingerprint density at radius 3 is 2.20 bits per heavy atom. The molecule has 0 bridgehead atoms. The molecule has 0 amide bonds. The van der Waals surface area contributed by atoms with Gasteiger partial charge in [0.25, 0.3) is 0 Å². The lowest BCUT2D eigenvalue weighted by atomic mass is 9.96. The molecule has 1 saturated heterocycles. The molecular weight excluding hydrogens is 142 g/mol. The number of nitrogens with one attached hydrogen (secondary N) is 1. The zero-order valence-corrected chi connectivity index (χ0v) is 8.09. The third kappa shape index (κ3) is 1.89. The van der Waals surface area contributed by atoms with Crippen molar-refractivity contribution < 1.29 is 0 Å². The summed E-state index contributed by atoms with van der Waals surface area (Å²) in [5.41, 5.74) is 0.412. The first kappa shape index (κ1) is 8.41. The van der Waals surface area contributed by atoms with Crippen molar-refractivity contribution in [3.05, 3.63) is 0 Å². The molecule has 0 aromatic heterocycles. The summed E-state index contributed by atoms with van der Waals surface area (Å²) in [5, 5.41) is 4.96. The number of thioether (sulfide) groups is 1. The number of rotatable bonds is 0. The Kier molecular flexibility index (Phi) is 2.31. The van der Waals surface area contributed by atoms with E-state index in [1.807, 2.05) is 0 Å². The van der Waals surface area contributed by atoms with E-state index in [9.17, 15) is 0 Å². The van der Waals surface area contributed by atoms with Crippen LogP contribution in [-0.4, -0.2) is 17.2 Å². The molecule has 1 rings (SSSR count). The summed E-state index contributed by atoms with van der Waals surface area (Å²) in [6.45, 7) is 10.3. The average molecular weight is 159 g/mol. The van der Waals surface area contributed by atoms with Gasteiger partial charge in [0.05, 0.1) is 5.37 Å². The normalized spacial score (nSPS) is 34.8. The quantitative estimate of drug-likeness (QED) is 0.581. The van der Waals surface area contributed by atoms with E-state index in [-0.39, 0.29) is 0 Å². The maximum absolute atomic E-state index is 3.51. The van der Waals surface area contributed by atoms with Gasteiger partial charge in [0.15, 0.2) is 0 Å². The highest BCUT2D eigenvalue weighted by atomic mass is 32.2. The van der Waals surface area contributed by atoms with Crippen LogP contribution >= 0.6 is 11.8 Å². The summed E-state index contributed by atoms with van der Waals surface area (Å²) < 4.78 is 0. The summed E-state index contributed by atoms with van der Waals surface area (Å²) in [4.78, 5) is 0. The van der Waals surface area contributed by atoms with E-state index in [1.54, 1.807) is 0 Å². The van der Waals surface area contributed by atoms with Gasteiger partial charge in [-0.3, -0.25) is 0 Å². The fraction of sp³-hybridized carbons (Fsp3) is 1.00. The van der Waals surface area contributed by atoms with Crippen LogP contribution in [0.5, 0.6) is 0 Å². The molecule has 1 nitrogen and oxygen atoms in total. The molecule has 10 heavy (non-hydrogen) atoms. The Morgan fingerprint density at radius 2 is 2.00 bits per heavy atom. The van der Waals surface area contributed by atoms with Crippen molar-refractivity contribution in [2.45, 2.75) is 38.3 Å². The highest BCUT2D eigenvalue weighted by Crippen LogP contribution is 2.34. The summed E-state index contributed by atoms with van der Waals surface area (Å²) >= 11 is 2.06. The Balaban J connectivity index is 2.45. The molecule has 2 atom stereocenters. The standard InChI is InChI=1S/C8H17NS/c1-6-5-9-7(10-6)8(2,3)4/h6-7,9H,5H2,1-4H3.